The topological polar surface area (TPSA) is 97.7 Å². The van der Waals surface area contributed by atoms with E-state index in [-0.39, 0.29) is 11.6 Å². The highest BCUT2D eigenvalue weighted by molar-refractivity contribution is 6.03. The summed E-state index contributed by atoms with van der Waals surface area (Å²) in [5.74, 6) is 0.429. The minimum Gasteiger partial charge on any atom is -0.497 e. The number of carbonyl (C=O) groups is 1. The number of benzene rings is 2. The minimum atomic E-state index is -0.318. The first-order valence-corrected chi connectivity index (χ1v) is 8.63. The van der Waals surface area contributed by atoms with Crippen molar-refractivity contribution in [3.63, 3.8) is 0 Å². The van der Waals surface area contributed by atoms with E-state index in [0.29, 0.717) is 11.4 Å². The molecule has 0 aliphatic rings. The van der Waals surface area contributed by atoms with Gasteiger partial charge in [-0.15, -0.1) is 5.10 Å². The van der Waals surface area contributed by atoms with Crippen LogP contribution >= 0.6 is 0 Å². The van der Waals surface area contributed by atoms with Crippen LogP contribution in [-0.4, -0.2) is 38.2 Å². The molecule has 0 atom stereocenters. The van der Waals surface area contributed by atoms with Crippen molar-refractivity contribution in [3.8, 4) is 22.6 Å². The van der Waals surface area contributed by atoms with E-state index in [2.05, 4.69) is 25.8 Å². The number of nitrogens with zero attached hydrogens (tertiary/aromatic N) is 4. The maximum atomic E-state index is 12.7. The summed E-state index contributed by atoms with van der Waals surface area (Å²) in [7, 11) is 1.61. The molecule has 8 heteroatoms. The van der Waals surface area contributed by atoms with E-state index >= 15 is 0 Å². The Bertz CT molecular complexity index is 1100. The van der Waals surface area contributed by atoms with Crippen LogP contribution in [-0.2, 0) is 0 Å². The highest BCUT2D eigenvalue weighted by atomic mass is 16.5. The number of hydrogen-bond donors (Lipinski definition) is 2. The van der Waals surface area contributed by atoms with Gasteiger partial charge in [0, 0.05) is 17.4 Å². The van der Waals surface area contributed by atoms with Crippen molar-refractivity contribution in [3.05, 3.63) is 72.3 Å². The third kappa shape index (κ3) is 3.35. The van der Waals surface area contributed by atoms with Gasteiger partial charge in [0.15, 0.2) is 5.69 Å². The third-order valence-electron chi connectivity index (χ3n) is 4.38. The van der Waals surface area contributed by atoms with Crippen molar-refractivity contribution in [2.45, 2.75) is 6.92 Å². The van der Waals surface area contributed by atoms with E-state index in [0.717, 1.165) is 22.6 Å². The van der Waals surface area contributed by atoms with Gasteiger partial charge >= 0.3 is 0 Å². The molecular weight excluding hydrogens is 356 g/mol. The Morgan fingerprint density at radius 1 is 1.14 bits per heavy atom. The highest BCUT2D eigenvalue weighted by Crippen LogP contribution is 2.22. The lowest BCUT2D eigenvalue weighted by Crippen LogP contribution is -2.14. The molecule has 2 N–H and O–H groups in total. The maximum Gasteiger partial charge on any atom is 0.278 e. The monoisotopic (exact) mass is 374 g/mol. The van der Waals surface area contributed by atoms with E-state index in [1.165, 1.54) is 0 Å². The van der Waals surface area contributed by atoms with Gasteiger partial charge in [0.25, 0.3) is 5.91 Å². The van der Waals surface area contributed by atoms with Crippen LogP contribution in [0.4, 0.5) is 5.69 Å². The van der Waals surface area contributed by atoms with Crippen LogP contribution in [0.3, 0.4) is 0 Å². The average Bonchev–Trinajstić information content (AvgIpc) is 3.38. The number of methoxy groups -OCH3 is 1. The van der Waals surface area contributed by atoms with Crippen molar-refractivity contribution >= 4 is 11.6 Å². The summed E-state index contributed by atoms with van der Waals surface area (Å²) in [6, 6.07) is 14.9. The molecule has 4 rings (SSSR count). The molecule has 0 saturated carbocycles. The predicted molar refractivity (Wildman–Crippen MR) is 105 cm³/mol. The van der Waals surface area contributed by atoms with Gasteiger partial charge < -0.3 is 10.1 Å². The van der Waals surface area contributed by atoms with Gasteiger partial charge in [-0.05, 0) is 48.9 Å². The molecule has 0 aliphatic heterocycles. The number of ether oxygens (including phenoxy) is 1. The van der Waals surface area contributed by atoms with Crippen molar-refractivity contribution in [2.75, 3.05) is 12.4 Å². The summed E-state index contributed by atoms with van der Waals surface area (Å²) in [6.07, 6.45) is 3.52. The van der Waals surface area contributed by atoms with Crippen molar-refractivity contribution < 1.29 is 9.53 Å². The predicted octanol–water partition coefficient (Wildman–Crippen LogP) is 3.23. The zero-order chi connectivity index (χ0) is 19.5. The second-order valence-corrected chi connectivity index (χ2v) is 6.16. The fourth-order valence-corrected chi connectivity index (χ4v) is 2.88. The quantitative estimate of drug-likeness (QED) is 0.559. The number of aromatic amines is 1. The second kappa shape index (κ2) is 7.36. The number of aromatic nitrogens is 5. The van der Waals surface area contributed by atoms with Gasteiger partial charge in [0.1, 0.15) is 5.75 Å². The number of nitrogens with one attached hydrogen (secondary N) is 2. The normalized spacial score (nSPS) is 10.6. The summed E-state index contributed by atoms with van der Waals surface area (Å²) in [5, 5.41) is 17.8. The largest absolute Gasteiger partial charge is 0.497 e. The van der Waals surface area contributed by atoms with Crippen LogP contribution < -0.4 is 10.1 Å². The fraction of sp³-hybridized carbons (Fsp3) is 0.100. The Morgan fingerprint density at radius 3 is 2.68 bits per heavy atom. The van der Waals surface area contributed by atoms with Gasteiger partial charge in [-0.2, -0.15) is 5.10 Å². The van der Waals surface area contributed by atoms with Gasteiger partial charge in [0.05, 0.1) is 24.7 Å². The number of anilines is 1. The maximum absolute atomic E-state index is 12.7. The molecule has 8 nitrogen and oxygen atoms in total. The molecule has 2 heterocycles. The van der Waals surface area contributed by atoms with Crippen LogP contribution in [0.15, 0.2) is 60.9 Å². The minimum absolute atomic E-state index is 0.268. The molecule has 4 aromatic rings. The van der Waals surface area contributed by atoms with E-state index < -0.39 is 0 Å². The molecule has 0 spiro atoms. The van der Waals surface area contributed by atoms with E-state index in [1.54, 1.807) is 31.1 Å². The fourth-order valence-electron chi connectivity index (χ4n) is 2.88. The molecule has 0 radical (unpaired) electrons. The number of carbonyl (C=O) groups excluding carboxylic acids is 1. The summed E-state index contributed by atoms with van der Waals surface area (Å²) >= 11 is 0. The van der Waals surface area contributed by atoms with Gasteiger partial charge in [-0.25, -0.2) is 4.68 Å². The standard InChI is InChI=1S/C20H18N6O2/c1-13-19(24-25-26(13)17-6-8-18(28-2)9-7-17)20(27)23-16-5-3-4-14(10-16)15-11-21-22-12-15/h3-12H,1-2H3,(H,21,22)(H,23,27). The number of hydrogen-bond acceptors (Lipinski definition) is 5. The molecule has 0 aliphatic carbocycles. The van der Waals surface area contributed by atoms with Gasteiger partial charge in [0.2, 0.25) is 0 Å². The van der Waals surface area contributed by atoms with Crippen LogP contribution in [0.25, 0.3) is 16.8 Å². The molecule has 28 heavy (non-hydrogen) atoms. The molecule has 140 valence electrons. The molecule has 0 saturated heterocycles. The lowest BCUT2D eigenvalue weighted by molar-refractivity contribution is 0.102. The number of amides is 1. The van der Waals surface area contributed by atoms with Crippen LogP contribution in [0.5, 0.6) is 5.75 Å². The Kier molecular flexibility index (Phi) is 4.59. The Balaban J connectivity index is 1.56. The first-order valence-electron chi connectivity index (χ1n) is 8.63. The number of rotatable bonds is 5. The van der Waals surface area contributed by atoms with Gasteiger partial charge in [-0.3, -0.25) is 9.89 Å². The SMILES string of the molecule is COc1ccc(-n2nnc(C(=O)Nc3cccc(-c4cn[nH]c4)c3)c2C)cc1. The van der Waals surface area contributed by atoms with Crippen molar-refractivity contribution in [2.24, 2.45) is 0 Å². The molecule has 0 bridgehead atoms. The van der Waals surface area contributed by atoms with Crippen molar-refractivity contribution in [1.29, 1.82) is 0 Å². The molecule has 0 fully saturated rings. The van der Waals surface area contributed by atoms with E-state index in [9.17, 15) is 4.79 Å². The van der Waals surface area contributed by atoms with E-state index in [1.807, 2.05) is 48.5 Å². The molecule has 2 aromatic carbocycles. The molecule has 1 amide bonds. The summed E-state index contributed by atoms with van der Waals surface area (Å²) < 4.78 is 6.79. The lowest BCUT2D eigenvalue weighted by Gasteiger charge is -2.07. The van der Waals surface area contributed by atoms with E-state index in [4.69, 9.17) is 4.74 Å². The smallest absolute Gasteiger partial charge is 0.278 e. The zero-order valence-electron chi connectivity index (χ0n) is 15.4. The van der Waals surface area contributed by atoms with Crippen molar-refractivity contribution in [1.82, 2.24) is 25.2 Å². The van der Waals surface area contributed by atoms with Crippen LogP contribution in [0.1, 0.15) is 16.2 Å². The third-order valence-corrected chi connectivity index (χ3v) is 4.38. The summed E-state index contributed by atoms with van der Waals surface area (Å²) in [6.45, 7) is 1.81. The Morgan fingerprint density at radius 2 is 1.96 bits per heavy atom. The molecule has 0 unspecified atom stereocenters. The zero-order valence-corrected chi connectivity index (χ0v) is 15.4. The highest BCUT2D eigenvalue weighted by Gasteiger charge is 2.18. The Hall–Kier alpha value is -3.94. The first kappa shape index (κ1) is 17.5. The van der Waals surface area contributed by atoms with Crippen LogP contribution in [0.2, 0.25) is 0 Å². The summed E-state index contributed by atoms with van der Waals surface area (Å²) in [4.78, 5) is 12.7. The molecular formula is C20H18N6O2. The number of H-pyrrole nitrogens is 1. The van der Waals surface area contributed by atoms with Crippen LogP contribution in [0, 0.1) is 6.92 Å². The lowest BCUT2D eigenvalue weighted by atomic mass is 10.1. The first-order chi connectivity index (χ1) is 13.7. The average molecular weight is 374 g/mol. The molecule has 2 aromatic heterocycles. The second-order valence-electron chi connectivity index (χ2n) is 6.16. The Labute approximate surface area is 161 Å². The van der Waals surface area contributed by atoms with Gasteiger partial charge in [-0.1, -0.05) is 17.3 Å². The summed E-state index contributed by atoms with van der Waals surface area (Å²) in [5.41, 5.74) is 4.27.